The van der Waals surface area contributed by atoms with Gasteiger partial charge in [-0.05, 0) is 50.2 Å². The summed E-state index contributed by atoms with van der Waals surface area (Å²) >= 11 is 0. The van der Waals surface area contributed by atoms with Crippen molar-refractivity contribution in [2.24, 2.45) is 0 Å². The highest BCUT2D eigenvalue weighted by atomic mass is 19.1. The number of phenolic OH excluding ortho intramolecular Hbond substituents is 1. The Morgan fingerprint density at radius 2 is 1.77 bits per heavy atom. The van der Waals surface area contributed by atoms with E-state index < -0.39 is 22.8 Å². The second-order valence-corrected chi connectivity index (χ2v) is 7.76. The van der Waals surface area contributed by atoms with Gasteiger partial charge in [-0.2, -0.15) is 0 Å². The molecule has 0 saturated carbocycles. The largest absolute Gasteiger partial charge is 0.508 e. The van der Waals surface area contributed by atoms with Gasteiger partial charge in [0.25, 0.3) is 0 Å². The number of aromatic nitrogens is 1. The monoisotopic (exact) mass is 411 g/mol. The Morgan fingerprint density at radius 3 is 2.37 bits per heavy atom. The van der Waals surface area contributed by atoms with Gasteiger partial charge >= 0.3 is 5.97 Å². The quantitative estimate of drug-likeness (QED) is 0.614. The van der Waals surface area contributed by atoms with Crippen molar-refractivity contribution >= 4 is 22.6 Å². The minimum Gasteiger partial charge on any atom is -0.508 e. The SMILES string of the molecule is C[C@@H]1CN(c2cc3c(cc2F)c(=O)c(C(=O)O)cn3-c2ccc(O)cc2)C[C@H](C)N1. The molecule has 3 aromatic rings. The van der Waals surface area contributed by atoms with E-state index in [0.717, 1.165) is 6.07 Å². The molecule has 0 aliphatic carbocycles. The molecule has 1 fully saturated rings. The highest BCUT2D eigenvalue weighted by Gasteiger charge is 2.25. The lowest BCUT2D eigenvalue weighted by Crippen LogP contribution is -2.54. The third kappa shape index (κ3) is 3.50. The first-order valence-electron chi connectivity index (χ1n) is 9.67. The van der Waals surface area contributed by atoms with Crippen molar-refractivity contribution in [1.82, 2.24) is 9.88 Å². The van der Waals surface area contributed by atoms with Crippen LogP contribution in [0.5, 0.6) is 5.75 Å². The molecular formula is C22H22FN3O4. The zero-order valence-corrected chi connectivity index (χ0v) is 16.6. The first-order valence-corrected chi connectivity index (χ1v) is 9.67. The van der Waals surface area contributed by atoms with Crippen LogP contribution in [0.4, 0.5) is 10.1 Å². The van der Waals surface area contributed by atoms with Crippen LogP contribution in [0.25, 0.3) is 16.6 Å². The van der Waals surface area contributed by atoms with Gasteiger partial charge in [0.2, 0.25) is 5.43 Å². The number of hydrogen-bond acceptors (Lipinski definition) is 5. The Kier molecular flexibility index (Phi) is 4.95. The molecule has 2 heterocycles. The number of carboxylic acid groups (broad SMARTS) is 1. The number of nitrogens with zero attached hydrogens (tertiary/aromatic N) is 2. The lowest BCUT2D eigenvalue weighted by Gasteiger charge is -2.38. The number of pyridine rings is 1. The fourth-order valence-electron chi connectivity index (χ4n) is 4.08. The van der Waals surface area contributed by atoms with E-state index in [1.165, 1.54) is 22.9 Å². The zero-order valence-electron chi connectivity index (χ0n) is 16.6. The molecule has 2 atom stereocenters. The van der Waals surface area contributed by atoms with Crippen LogP contribution in [-0.2, 0) is 0 Å². The van der Waals surface area contributed by atoms with Crippen molar-refractivity contribution in [2.75, 3.05) is 18.0 Å². The smallest absolute Gasteiger partial charge is 0.341 e. The molecule has 30 heavy (non-hydrogen) atoms. The van der Waals surface area contributed by atoms with Gasteiger partial charge in [0.15, 0.2) is 0 Å². The van der Waals surface area contributed by atoms with Crippen LogP contribution in [0.3, 0.4) is 0 Å². The molecule has 1 aliphatic heterocycles. The summed E-state index contributed by atoms with van der Waals surface area (Å²) in [6.45, 7) is 5.24. The van der Waals surface area contributed by atoms with Crippen molar-refractivity contribution in [2.45, 2.75) is 25.9 Å². The van der Waals surface area contributed by atoms with Crippen molar-refractivity contribution in [3.63, 3.8) is 0 Å². The van der Waals surface area contributed by atoms with Gasteiger partial charge < -0.3 is 25.0 Å². The van der Waals surface area contributed by atoms with Crippen molar-refractivity contribution in [3.8, 4) is 11.4 Å². The number of halogens is 1. The number of carbonyl (C=O) groups is 1. The van der Waals surface area contributed by atoms with E-state index in [0.29, 0.717) is 30.0 Å². The van der Waals surface area contributed by atoms with Gasteiger partial charge in [-0.3, -0.25) is 4.79 Å². The van der Waals surface area contributed by atoms with Crippen LogP contribution in [0.1, 0.15) is 24.2 Å². The van der Waals surface area contributed by atoms with E-state index in [-0.39, 0.29) is 23.2 Å². The lowest BCUT2D eigenvalue weighted by molar-refractivity contribution is 0.0695. The lowest BCUT2D eigenvalue weighted by atomic mass is 10.1. The fraction of sp³-hybridized carbons (Fsp3) is 0.273. The molecule has 1 aliphatic rings. The first-order chi connectivity index (χ1) is 14.2. The van der Waals surface area contributed by atoms with Gasteiger partial charge in [0, 0.05) is 42.4 Å². The number of hydrogen-bond donors (Lipinski definition) is 3. The van der Waals surface area contributed by atoms with Gasteiger partial charge in [0.05, 0.1) is 11.2 Å². The molecule has 0 radical (unpaired) electrons. The number of aromatic carboxylic acids is 1. The van der Waals surface area contributed by atoms with E-state index >= 15 is 4.39 Å². The second-order valence-electron chi connectivity index (χ2n) is 7.76. The summed E-state index contributed by atoms with van der Waals surface area (Å²) in [5.74, 6) is -1.90. The number of nitrogens with one attached hydrogen (secondary N) is 1. The number of piperazine rings is 1. The Bertz CT molecular complexity index is 1180. The summed E-state index contributed by atoms with van der Waals surface area (Å²) in [7, 11) is 0. The number of phenols is 1. The highest BCUT2D eigenvalue weighted by Crippen LogP contribution is 2.28. The van der Waals surface area contributed by atoms with E-state index in [9.17, 15) is 19.8 Å². The summed E-state index contributed by atoms with van der Waals surface area (Å²) in [5.41, 5.74) is 0.107. The minimum absolute atomic E-state index is 0.0135. The number of fused-ring (bicyclic) bond motifs is 1. The molecule has 2 aromatic carbocycles. The molecule has 7 nitrogen and oxygen atoms in total. The Labute approximate surface area is 172 Å². The average molecular weight is 411 g/mol. The van der Waals surface area contributed by atoms with Crippen molar-refractivity contribution in [3.05, 3.63) is 64.2 Å². The van der Waals surface area contributed by atoms with Crippen LogP contribution < -0.4 is 15.6 Å². The third-order valence-electron chi connectivity index (χ3n) is 5.33. The Morgan fingerprint density at radius 1 is 1.13 bits per heavy atom. The summed E-state index contributed by atoms with van der Waals surface area (Å²) in [6.07, 6.45) is 1.24. The standard InChI is InChI=1S/C22H22FN3O4/c1-12-9-25(10-13(2)24-12)20-8-19-16(7-18(20)23)21(28)17(22(29)30)11-26(19)14-3-5-15(27)6-4-14/h3-8,11-13,24,27H,9-10H2,1-2H3,(H,29,30)/t12-,13+. The van der Waals surface area contributed by atoms with Crippen LogP contribution in [-0.4, -0.2) is 45.9 Å². The van der Waals surface area contributed by atoms with Gasteiger partial charge in [-0.15, -0.1) is 0 Å². The van der Waals surface area contributed by atoms with Crippen LogP contribution in [0, 0.1) is 5.82 Å². The molecule has 0 spiro atoms. The predicted molar refractivity (Wildman–Crippen MR) is 112 cm³/mol. The minimum atomic E-state index is -1.39. The molecule has 0 unspecified atom stereocenters. The maximum Gasteiger partial charge on any atom is 0.341 e. The number of rotatable bonds is 3. The molecule has 1 aromatic heterocycles. The summed E-state index contributed by atoms with van der Waals surface area (Å²) < 4.78 is 16.6. The molecular weight excluding hydrogens is 389 g/mol. The van der Waals surface area contributed by atoms with Crippen LogP contribution in [0.2, 0.25) is 0 Å². The zero-order chi connectivity index (χ0) is 21.6. The fourth-order valence-corrected chi connectivity index (χ4v) is 4.08. The summed E-state index contributed by atoms with van der Waals surface area (Å²) in [6, 6.07) is 9.16. The van der Waals surface area contributed by atoms with E-state index in [1.54, 1.807) is 18.2 Å². The number of aromatic hydroxyl groups is 1. The summed E-state index contributed by atoms with van der Waals surface area (Å²) in [5, 5.41) is 22.4. The highest BCUT2D eigenvalue weighted by molar-refractivity contribution is 5.94. The first kappa shape index (κ1) is 19.9. The van der Waals surface area contributed by atoms with Crippen LogP contribution in [0.15, 0.2) is 47.4 Å². The Balaban J connectivity index is 1.98. The van der Waals surface area contributed by atoms with E-state index in [1.807, 2.05) is 18.7 Å². The molecule has 1 saturated heterocycles. The number of benzene rings is 2. The normalized spacial score (nSPS) is 19.2. The molecule has 3 N–H and O–H groups in total. The molecule has 4 rings (SSSR count). The molecule has 0 bridgehead atoms. The Hall–Kier alpha value is -3.39. The number of carboxylic acids is 1. The average Bonchev–Trinajstić information content (AvgIpc) is 2.68. The van der Waals surface area contributed by atoms with Gasteiger partial charge in [-0.1, -0.05) is 0 Å². The summed E-state index contributed by atoms with van der Waals surface area (Å²) in [4.78, 5) is 26.3. The van der Waals surface area contributed by atoms with Crippen molar-refractivity contribution < 1.29 is 19.4 Å². The number of anilines is 1. The van der Waals surface area contributed by atoms with Crippen LogP contribution >= 0.6 is 0 Å². The molecule has 0 amide bonds. The van der Waals surface area contributed by atoms with E-state index in [4.69, 9.17) is 0 Å². The predicted octanol–water partition coefficient (Wildman–Crippen LogP) is 2.72. The maximum atomic E-state index is 15.1. The molecule has 156 valence electrons. The van der Waals surface area contributed by atoms with Gasteiger partial charge in [-0.25, -0.2) is 9.18 Å². The third-order valence-corrected chi connectivity index (χ3v) is 5.33. The molecule has 8 heteroatoms. The topological polar surface area (TPSA) is 94.8 Å². The maximum absolute atomic E-state index is 15.1. The van der Waals surface area contributed by atoms with Crippen molar-refractivity contribution in [1.29, 1.82) is 0 Å². The van der Waals surface area contributed by atoms with Gasteiger partial charge in [0.1, 0.15) is 17.1 Å². The van der Waals surface area contributed by atoms with E-state index in [2.05, 4.69) is 5.32 Å². The second kappa shape index (κ2) is 7.46.